The highest BCUT2D eigenvalue weighted by Crippen LogP contribution is 2.15. The Morgan fingerprint density at radius 2 is 2.00 bits per heavy atom. The molecule has 0 aliphatic heterocycles. The first-order valence-electron chi connectivity index (χ1n) is 5.74. The maximum atomic E-state index is 11.9. The molecule has 0 unspecified atom stereocenters. The van der Waals surface area contributed by atoms with E-state index in [0.29, 0.717) is 5.56 Å². The molecule has 0 bridgehead atoms. The third-order valence-corrected chi connectivity index (χ3v) is 2.80. The Morgan fingerprint density at radius 1 is 1.33 bits per heavy atom. The van der Waals surface area contributed by atoms with E-state index in [1.54, 1.807) is 6.07 Å². The Morgan fingerprint density at radius 3 is 2.61 bits per heavy atom. The lowest BCUT2D eigenvalue weighted by molar-refractivity contribution is -0.120. The van der Waals surface area contributed by atoms with Crippen molar-refractivity contribution >= 4 is 27.7 Å². The van der Waals surface area contributed by atoms with Crippen LogP contribution in [0.3, 0.4) is 0 Å². The van der Waals surface area contributed by atoms with Crippen molar-refractivity contribution in [2.75, 3.05) is 6.54 Å². The summed E-state index contributed by atoms with van der Waals surface area (Å²) in [7, 11) is 0. The van der Waals surface area contributed by atoms with Crippen LogP contribution in [0.5, 0.6) is 0 Å². The molecule has 0 fully saturated rings. The zero-order valence-electron chi connectivity index (χ0n) is 10.7. The van der Waals surface area contributed by atoms with Crippen molar-refractivity contribution in [2.24, 2.45) is 0 Å². The van der Waals surface area contributed by atoms with Gasteiger partial charge in [-0.3, -0.25) is 9.59 Å². The zero-order valence-corrected chi connectivity index (χ0v) is 12.3. The summed E-state index contributed by atoms with van der Waals surface area (Å²) in [6.07, 6.45) is 0. The molecule has 18 heavy (non-hydrogen) atoms. The van der Waals surface area contributed by atoms with E-state index in [9.17, 15) is 9.59 Å². The van der Waals surface area contributed by atoms with Crippen LogP contribution in [0.2, 0.25) is 0 Å². The number of carbonyl (C=O) groups excluding carboxylic acids is 2. The molecule has 1 aromatic carbocycles. The molecule has 2 amide bonds. The number of carbonyl (C=O) groups is 2. The molecule has 1 aromatic rings. The minimum atomic E-state index is -0.243. The SMILES string of the molecule is Cc1ccc(Br)cc1C(=O)NCC(=O)NC(C)C. The fourth-order valence-electron chi connectivity index (χ4n) is 1.47. The largest absolute Gasteiger partial charge is 0.352 e. The van der Waals surface area contributed by atoms with E-state index in [4.69, 9.17) is 0 Å². The molecule has 0 saturated carbocycles. The fraction of sp³-hybridized carbons (Fsp3) is 0.385. The second-order valence-corrected chi connectivity index (χ2v) is 5.28. The van der Waals surface area contributed by atoms with Crippen molar-refractivity contribution in [3.05, 3.63) is 33.8 Å². The fourth-order valence-corrected chi connectivity index (χ4v) is 1.83. The number of halogens is 1. The van der Waals surface area contributed by atoms with Crippen LogP contribution in [-0.2, 0) is 4.79 Å². The van der Waals surface area contributed by atoms with Gasteiger partial charge in [0.2, 0.25) is 5.91 Å². The van der Waals surface area contributed by atoms with Gasteiger partial charge in [-0.15, -0.1) is 0 Å². The highest BCUT2D eigenvalue weighted by molar-refractivity contribution is 9.10. The molecular formula is C13H17BrN2O2. The van der Waals surface area contributed by atoms with Crippen molar-refractivity contribution < 1.29 is 9.59 Å². The summed E-state index contributed by atoms with van der Waals surface area (Å²) < 4.78 is 0.838. The van der Waals surface area contributed by atoms with E-state index in [1.807, 2.05) is 32.9 Å². The highest BCUT2D eigenvalue weighted by atomic mass is 79.9. The standard InChI is InChI=1S/C13H17BrN2O2/c1-8(2)16-12(17)7-15-13(18)11-6-10(14)5-4-9(11)3/h4-6,8H,7H2,1-3H3,(H,15,18)(H,16,17). The third kappa shape index (κ3) is 4.49. The van der Waals surface area contributed by atoms with Gasteiger partial charge in [-0.2, -0.15) is 0 Å². The molecule has 0 aliphatic carbocycles. The maximum Gasteiger partial charge on any atom is 0.252 e. The molecule has 0 atom stereocenters. The van der Waals surface area contributed by atoms with E-state index >= 15 is 0 Å². The van der Waals surface area contributed by atoms with Gasteiger partial charge in [0.15, 0.2) is 0 Å². The molecule has 5 heteroatoms. The number of benzene rings is 1. The molecule has 0 radical (unpaired) electrons. The minimum absolute atomic E-state index is 0.0109. The van der Waals surface area contributed by atoms with Gasteiger partial charge < -0.3 is 10.6 Å². The average molecular weight is 313 g/mol. The number of hydrogen-bond acceptors (Lipinski definition) is 2. The summed E-state index contributed by atoms with van der Waals surface area (Å²) in [6, 6.07) is 5.54. The second-order valence-electron chi connectivity index (χ2n) is 4.36. The van der Waals surface area contributed by atoms with E-state index in [1.165, 1.54) is 0 Å². The van der Waals surface area contributed by atoms with E-state index in [0.717, 1.165) is 10.0 Å². The highest BCUT2D eigenvalue weighted by Gasteiger charge is 2.11. The Labute approximate surface area is 115 Å². The minimum Gasteiger partial charge on any atom is -0.352 e. The van der Waals surface area contributed by atoms with Crippen molar-refractivity contribution in [3.8, 4) is 0 Å². The normalized spacial score (nSPS) is 10.3. The van der Waals surface area contributed by atoms with Gasteiger partial charge in [0.1, 0.15) is 0 Å². The molecule has 0 aromatic heterocycles. The Hall–Kier alpha value is -1.36. The first kappa shape index (κ1) is 14.7. The van der Waals surface area contributed by atoms with Crippen LogP contribution < -0.4 is 10.6 Å². The molecule has 0 aliphatic rings. The van der Waals surface area contributed by atoms with Gasteiger partial charge in [-0.05, 0) is 38.5 Å². The molecule has 0 saturated heterocycles. The summed E-state index contributed by atoms with van der Waals surface area (Å²) in [5, 5.41) is 5.31. The predicted octanol–water partition coefficient (Wildman–Crippen LogP) is 2.01. The molecule has 98 valence electrons. The summed E-state index contributed by atoms with van der Waals surface area (Å²) >= 11 is 3.32. The van der Waals surface area contributed by atoms with Crippen LogP contribution >= 0.6 is 15.9 Å². The molecule has 0 spiro atoms. The summed E-state index contributed by atoms with van der Waals surface area (Å²) in [6.45, 7) is 5.59. The van der Waals surface area contributed by atoms with Gasteiger partial charge in [0, 0.05) is 16.1 Å². The zero-order chi connectivity index (χ0) is 13.7. The van der Waals surface area contributed by atoms with Crippen LogP contribution in [0.4, 0.5) is 0 Å². The van der Waals surface area contributed by atoms with Crippen molar-refractivity contribution in [2.45, 2.75) is 26.8 Å². The Bertz CT molecular complexity index is 458. The molecule has 2 N–H and O–H groups in total. The van der Waals surface area contributed by atoms with Gasteiger partial charge >= 0.3 is 0 Å². The van der Waals surface area contributed by atoms with Crippen molar-refractivity contribution in [1.82, 2.24) is 10.6 Å². The lowest BCUT2D eigenvalue weighted by atomic mass is 10.1. The summed E-state index contributed by atoms with van der Waals surface area (Å²) in [5.41, 5.74) is 1.45. The summed E-state index contributed by atoms with van der Waals surface area (Å²) in [4.78, 5) is 23.3. The van der Waals surface area contributed by atoms with E-state index in [2.05, 4.69) is 26.6 Å². The smallest absolute Gasteiger partial charge is 0.252 e. The van der Waals surface area contributed by atoms with Crippen LogP contribution in [0.15, 0.2) is 22.7 Å². The first-order chi connectivity index (χ1) is 8.40. The lowest BCUT2D eigenvalue weighted by Gasteiger charge is -2.10. The quantitative estimate of drug-likeness (QED) is 0.893. The van der Waals surface area contributed by atoms with E-state index < -0.39 is 0 Å². The topological polar surface area (TPSA) is 58.2 Å². The van der Waals surface area contributed by atoms with Crippen LogP contribution in [-0.4, -0.2) is 24.4 Å². The van der Waals surface area contributed by atoms with Gasteiger partial charge in [0.05, 0.1) is 6.54 Å². The monoisotopic (exact) mass is 312 g/mol. The Balaban J connectivity index is 2.60. The lowest BCUT2D eigenvalue weighted by Crippen LogP contribution is -2.39. The van der Waals surface area contributed by atoms with Crippen molar-refractivity contribution in [3.63, 3.8) is 0 Å². The van der Waals surface area contributed by atoms with Crippen molar-refractivity contribution in [1.29, 1.82) is 0 Å². The molecule has 0 heterocycles. The van der Waals surface area contributed by atoms with E-state index in [-0.39, 0.29) is 24.4 Å². The Kier molecular flexibility index (Phi) is 5.34. The van der Waals surface area contributed by atoms with Crippen LogP contribution in [0.1, 0.15) is 29.8 Å². The summed E-state index contributed by atoms with van der Waals surface area (Å²) in [5.74, 6) is -0.432. The second kappa shape index (κ2) is 6.54. The number of rotatable bonds is 4. The molecular weight excluding hydrogens is 296 g/mol. The number of nitrogens with one attached hydrogen (secondary N) is 2. The number of amides is 2. The van der Waals surface area contributed by atoms with Crippen LogP contribution in [0.25, 0.3) is 0 Å². The van der Waals surface area contributed by atoms with Gasteiger partial charge in [0.25, 0.3) is 5.91 Å². The first-order valence-corrected chi connectivity index (χ1v) is 6.53. The number of hydrogen-bond donors (Lipinski definition) is 2. The maximum absolute atomic E-state index is 11.9. The average Bonchev–Trinajstić information content (AvgIpc) is 2.28. The van der Waals surface area contributed by atoms with Gasteiger partial charge in [-0.25, -0.2) is 0 Å². The molecule has 1 rings (SSSR count). The van der Waals surface area contributed by atoms with Crippen LogP contribution in [0, 0.1) is 6.92 Å². The predicted molar refractivity (Wildman–Crippen MR) is 74.5 cm³/mol. The third-order valence-electron chi connectivity index (χ3n) is 2.30. The molecule has 4 nitrogen and oxygen atoms in total. The number of aryl methyl sites for hydroxylation is 1. The van der Waals surface area contributed by atoms with Gasteiger partial charge in [-0.1, -0.05) is 22.0 Å².